The monoisotopic (exact) mass is 511 g/mol. The molecule has 0 saturated carbocycles. The number of aromatic nitrogens is 3. The van der Waals surface area contributed by atoms with Crippen LogP contribution in [0.15, 0.2) is 24.3 Å². The Balaban J connectivity index is 1.77. The van der Waals surface area contributed by atoms with Crippen molar-refractivity contribution in [2.75, 3.05) is 44.8 Å². The van der Waals surface area contributed by atoms with Gasteiger partial charge in [-0.15, -0.1) is 0 Å². The molecule has 0 spiro atoms. The number of alkyl halides is 3. The number of hydrogen-bond acceptors (Lipinski definition) is 9. The highest BCUT2D eigenvalue weighted by Gasteiger charge is 2.30. The number of nitrogens with zero attached hydrogens (tertiary/aromatic N) is 5. The average molecular weight is 512 g/mol. The maximum Gasteiger partial charge on any atom is 0.422 e. The lowest BCUT2D eigenvalue weighted by Crippen LogP contribution is -2.50. The molecule has 1 amide bonds. The van der Waals surface area contributed by atoms with Crippen molar-refractivity contribution in [3.8, 4) is 6.01 Å². The Bertz CT molecular complexity index is 1070. The lowest BCUT2D eigenvalue weighted by molar-refractivity contribution is -0.154. The van der Waals surface area contributed by atoms with E-state index in [1.54, 1.807) is 54.8 Å². The van der Waals surface area contributed by atoms with Gasteiger partial charge in [0.05, 0.1) is 12.7 Å². The van der Waals surface area contributed by atoms with E-state index < -0.39 is 36.5 Å². The van der Waals surface area contributed by atoms with Crippen LogP contribution in [0.5, 0.6) is 6.01 Å². The molecule has 0 unspecified atom stereocenters. The molecular weight excluding hydrogens is 483 g/mol. The highest BCUT2D eigenvalue weighted by atomic mass is 19.4. The van der Waals surface area contributed by atoms with E-state index in [-0.39, 0.29) is 18.2 Å². The van der Waals surface area contributed by atoms with Gasteiger partial charge in [0.25, 0.3) is 0 Å². The van der Waals surface area contributed by atoms with Crippen LogP contribution in [0.2, 0.25) is 0 Å². The minimum Gasteiger partial charge on any atom is -0.465 e. The Morgan fingerprint density at radius 3 is 2.17 bits per heavy atom. The van der Waals surface area contributed by atoms with Crippen LogP contribution in [0.3, 0.4) is 0 Å². The fraction of sp³-hybridized carbons (Fsp3) is 0.522. The van der Waals surface area contributed by atoms with Crippen molar-refractivity contribution < 1.29 is 37.0 Å². The van der Waals surface area contributed by atoms with Gasteiger partial charge in [-0.25, -0.2) is 9.59 Å². The largest absolute Gasteiger partial charge is 0.465 e. The molecule has 0 bridgehead atoms. The fourth-order valence-corrected chi connectivity index (χ4v) is 3.29. The van der Waals surface area contributed by atoms with Crippen LogP contribution in [0.4, 0.5) is 23.9 Å². The van der Waals surface area contributed by atoms with Crippen LogP contribution in [0.1, 0.15) is 42.5 Å². The molecule has 196 valence electrons. The summed E-state index contributed by atoms with van der Waals surface area (Å²) in [6.07, 6.45) is -4.84. The van der Waals surface area contributed by atoms with Crippen LogP contribution >= 0.6 is 0 Å². The number of carbonyl (C=O) groups excluding carboxylic acids is 2. The lowest BCUT2D eigenvalue weighted by atomic mass is 10.1. The van der Waals surface area contributed by atoms with Gasteiger partial charge in [0.1, 0.15) is 11.4 Å². The molecule has 0 radical (unpaired) electrons. The third-order valence-electron chi connectivity index (χ3n) is 4.97. The van der Waals surface area contributed by atoms with Gasteiger partial charge in [-0.3, -0.25) is 0 Å². The van der Waals surface area contributed by atoms with Crippen molar-refractivity contribution in [3.63, 3.8) is 0 Å². The van der Waals surface area contributed by atoms with E-state index in [9.17, 15) is 22.8 Å². The smallest absolute Gasteiger partial charge is 0.422 e. The van der Waals surface area contributed by atoms with E-state index in [1.165, 1.54) is 7.11 Å². The van der Waals surface area contributed by atoms with Crippen molar-refractivity contribution in [3.05, 3.63) is 41.2 Å². The molecule has 3 rings (SSSR count). The van der Waals surface area contributed by atoms with Crippen LogP contribution in [-0.4, -0.2) is 83.6 Å². The first-order chi connectivity index (χ1) is 16.8. The maximum absolute atomic E-state index is 12.7. The summed E-state index contributed by atoms with van der Waals surface area (Å²) in [4.78, 5) is 39.8. The van der Waals surface area contributed by atoms with Crippen molar-refractivity contribution in [1.82, 2.24) is 19.9 Å². The topological polar surface area (TPSA) is 107 Å². The second-order valence-electron chi connectivity index (χ2n) is 9.06. The summed E-state index contributed by atoms with van der Waals surface area (Å²) in [7, 11) is 1.28. The van der Waals surface area contributed by atoms with Gasteiger partial charge in [-0.05, 0) is 38.5 Å². The molecule has 2 heterocycles. The number of carbonyl (C=O) groups is 2. The van der Waals surface area contributed by atoms with Crippen molar-refractivity contribution >= 4 is 18.0 Å². The quantitative estimate of drug-likeness (QED) is 0.540. The predicted octanol–water partition coefficient (Wildman–Crippen LogP) is 3.25. The number of amides is 1. The van der Waals surface area contributed by atoms with E-state index in [0.29, 0.717) is 31.7 Å². The molecule has 13 heteroatoms. The summed E-state index contributed by atoms with van der Waals surface area (Å²) < 4.78 is 53.0. The summed E-state index contributed by atoms with van der Waals surface area (Å²) in [5.74, 6) is -0.151. The Labute approximate surface area is 206 Å². The first kappa shape index (κ1) is 27.0. The van der Waals surface area contributed by atoms with Gasteiger partial charge in [0.15, 0.2) is 6.61 Å². The molecule has 1 aliphatic heterocycles. The zero-order chi connectivity index (χ0) is 26.5. The molecule has 1 aromatic heterocycles. The second-order valence-corrected chi connectivity index (χ2v) is 9.06. The Morgan fingerprint density at radius 1 is 0.972 bits per heavy atom. The number of methoxy groups -OCH3 is 1. The molecule has 0 aliphatic carbocycles. The highest BCUT2D eigenvalue weighted by Crippen LogP contribution is 2.21. The number of halogens is 3. The Morgan fingerprint density at radius 2 is 1.61 bits per heavy atom. The number of esters is 1. The standard InChI is InChI=1S/C23H28F3N5O5/c1-22(2,3)36-21(33)31-11-9-30(10-12-31)19-27-17(28-20(29-19)35-14-23(24,25)26)13-15-5-7-16(8-6-15)18(32)34-4/h5-8H,9-14H2,1-4H3. The number of hydrogen-bond donors (Lipinski definition) is 0. The number of ether oxygens (including phenoxy) is 3. The van der Waals surface area contributed by atoms with Gasteiger partial charge >= 0.3 is 24.2 Å². The van der Waals surface area contributed by atoms with E-state index in [2.05, 4.69) is 19.7 Å². The summed E-state index contributed by atoms with van der Waals surface area (Å²) >= 11 is 0. The number of benzene rings is 1. The van der Waals surface area contributed by atoms with Crippen LogP contribution in [-0.2, 0) is 15.9 Å². The molecule has 1 saturated heterocycles. The molecule has 1 fully saturated rings. The van der Waals surface area contributed by atoms with Crippen LogP contribution in [0.25, 0.3) is 0 Å². The molecular formula is C23H28F3N5O5. The molecule has 0 N–H and O–H groups in total. The summed E-state index contributed by atoms with van der Waals surface area (Å²) in [5.41, 5.74) is 0.447. The van der Waals surface area contributed by atoms with Crippen molar-refractivity contribution in [2.45, 2.75) is 39.0 Å². The molecule has 10 nitrogen and oxygen atoms in total. The summed E-state index contributed by atoms with van der Waals surface area (Å²) in [5, 5.41) is 0. The Hall–Kier alpha value is -3.64. The third-order valence-corrected chi connectivity index (χ3v) is 4.97. The first-order valence-electron chi connectivity index (χ1n) is 11.2. The molecule has 1 aromatic carbocycles. The van der Waals surface area contributed by atoms with Gasteiger partial charge in [-0.1, -0.05) is 12.1 Å². The van der Waals surface area contributed by atoms with E-state index in [1.807, 2.05) is 0 Å². The number of piperazine rings is 1. The molecule has 1 aliphatic rings. The highest BCUT2D eigenvalue weighted by molar-refractivity contribution is 5.89. The zero-order valence-corrected chi connectivity index (χ0v) is 20.5. The normalized spacial score (nSPS) is 14.4. The van der Waals surface area contributed by atoms with E-state index >= 15 is 0 Å². The van der Waals surface area contributed by atoms with Gasteiger partial charge in [0.2, 0.25) is 5.95 Å². The Kier molecular flexibility index (Phi) is 8.21. The minimum absolute atomic E-state index is 0.146. The molecule has 2 aromatic rings. The van der Waals surface area contributed by atoms with Crippen molar-refractivity contribution in [2.24, 2.45) is 0 Å². The average Bonchev–Trinajstić information content (AvgIpc) is 2.81. The number of anilines is 1. The van der Waals surface area contributed by atoms with Crippen LogP contribution in [0, 0.1) is 0 Å². The predicted molar refractivity (Wildman–Crippen MR) is 122 cm³/mol. The van der Waals surface area contributed by atoms with Crippen LogP contribution < -0.4 is 9.64 Å². The zero-order valence-electron chi connectivity index (χ0n) is 20.5. The molecule has 36 heavy (non-hydrogen) atoms. The lowest BCUT2D eigenvalue weighted by Gasteiger charge is -2.35. The number of rotatable bonds is 6. The fourth-order valence-electron chi connectivity index (χ4n) is 3.29. The molecule has 0 atom stereocenters. The van der Waals surface area contributed by atoms with Gasteiger partial charge in [-0.2, -0.15) is 28.1 Å². The summed E-state index contributed by atoms with van der Waals surface area (Å²) in [6.45, 7) is 5.12. The van der Waals surface area contributed by atoms with Crippen molar-refractivity contribution in [1.29, 1.82) is 0 Å². The van der Waals surface area contributed by atoms with Gasteiger partial charge in [0, 0.05) is 32.6 Å². The van der Waals surface area contributed by atoms with Gasteiger partial charge < -0.3 is 24.0 Å². The first-order valence-corrected chi connectivity index (χ1v) is 11.2. The maximum atomic E-state index is 12.7. The van der Waals surface area contributed by atoms with E-state index in [0.717, 1.165) is 5.56 Å². The minimum atomic E-state index is -4.56. The SMILES string of the molecule is COC(=O)c1ccc(Cc2nc(OCC(F)(F)F)nc(N3CCN(C(=O)OC(C)(C)C)CC3)n2)cc1. The third kappa shape index (κ3) is 7.95. The second kappa shape index (κ2) is 11.0. The summed E-state index contributed by atoms with van der Waals surface area (Å²) in [6, 6.07) is 6.03. The van der Waals surface area contributed by atoms with E-state index in [4.69, 9.17) is 9.47 Å².